The summed E-state index contributed by atoms with van der Waals surface area (Å²) >= 11 is 1.56. The molecule has 0 saturated heterocycles. The molecule has 3 aromatic heterocycles. The molecule has 0 radical (unpaired) electrons. The molecule has 0 aliphatic rings. The second kappa shape index (κ2) is 7.75. The lowest BCUT2D eigenvalue weighted by Gasteiger charge is -2.05. The Hall–Kier alpha value is -2.93. The van der Waals surface area contributed by atoms with Gasteiger partial charge in [-0.3, -0.25) is 9.20 Å². The van der Waals surface area contributed by atoms with E-state index in [1.54, 1.807) is 23.9 Å². The van der Waals surface area contributed by atoms with Gasteiger partial charge in [-0.05, 0) is 13.3 Å². The fourth-order valence-electron chi connectivity index (χ4n) is 2.96. The summed E-state index contributed by atoms with van der Waals surface area (Å²) in [5.74, 6) is 0.0333. The summed E-state index contributed by atoms with van der Waals surface area (Å²) in [7, 11) is 0. The Morgan fingerprint density at radius 3 is 2.89 bits per heavy atom. The zero-order chi connectivity index (χ0) is 18.6. The molecular formula is C20H21N5OS. The van der Waals surface area contributed by atoms with Crippen molar-refractivity contribution >= 4 is 22.2 Å². The van der Waals surface area contributed by atoms with Crippen LogP contribution in [0.4, 0.5) is 0 Å². The van der Waals surface area contributed by atoms with Gasteiger partial charge in [-0.25, -0.2) is 9.97 Å². The molecule has 1 aromatic carbocycles. The molecule has 0 spiro atoms. The van der Waals surface area contributed by atoms with Crippen molar-refractivity contribution in [2.24, 2.45) is 0 Å². The van der Waals surface area contributed by atoms with E-state index < -0.39 is 0 Å². The summed E-state index contributed by atoms with van der Waals surface area (Å²) in [6, 6.07) is 8.32. The van der Waals surface area contributed by atoms with Crippen LogP contribution in [0.25, 0.3) is 16.2 Å². The van der Waals surface area contributed by atoms with E-state index in [4.69, 9.17) is 0 Å². The first-order valence-corrected chi connectivity index (χ1v) is 9.82. The molecule has 0 unspecified atom stereocenters. The van der Waals surface area contributed by atoms with Crippen LogP contribution < -0.4 is 5.32 Å². The minimum absolute atomic E-state index is 0.0333. The lowest BCUT2D eigenvalue weighted by atomic mass is 10.1. The number of aromatic nitrogens is 4. The molecule has 0 fully saturated rings. The number of hydrogen-bond acceptors (Lipinski definition) is 4. The van der Waals surface area contributed by atoms with E-state index in [0.717, 1.165) is 34.9 Å². The van der Waals surface area contributed by atoms with Gasteiger partial charge >= 0.3 is 0 Å². The monoisotopic (exact) mass is 379 g/mol. The fourth-order valence-corrected chi connectivity index (χ4v) is 3.83. The zero-order valence-electron chi connectivity index (χ0n) is 15.1. The maximum Gasteiger partial charge on any atom is 0.225 e. The number of imidazole rings is 2. The maximum absolute atomic E-state index is 12.3. The first-order valence-electron chi connectivity index (χ1n) is 8.94. The number of carbonyl (C=O) groups excluding carboxylic acids is 1. The number of thiazole rings is 1. The van der Waals surface area contributed by atoms with Crippen molar-refractivity contribution in [3.63, 3.8) is 0 Å². The summed E-state index contributed by atoms with van der Waals surface area (Å²) in [6.45, 7) is 3.58. The number of aryl methyl sites for hydroxylation is 2. The highest BCUT2D eigenvalue weighted by atomic mass is 32.1. The van der Waals surface area contributed by atoms with Crippen molar-refractivity contribution in [2.45, 2.75) is 26.3 Å². The van der Waals surface area contributed by atoms with Gasteiger partial charge in [-0.1, -0.05) is 29.8 Å². The van der Waals surface area contributed by atoms with Crippen LogP contribution in [0.1, 0.15) is 17.7 Å². The second-order valence-electron chi connectivity index (χ2n) is 6.55. The number of rotatable bonds is 7. The predicted molar refractivity (Wildman–Crippen MR) is 107 cm³/mol. The highest BCUT2D eigenvalue weighted by Gasteiger charge is 2.12. The Morgan fingerprint density at radius 1 is 1.26 bits per heavy atom. The van der Waals surface area contributed by atoms with E-state index in [2.05, 4.69) is 46.5 Å². The first-order chi connectivity index (χ1) is 13.2. The average Bonchev–Trinajstić information content (AvgIpc) is 3.38. The molecule has 4 aromatic rings. The third-order valence-electron chi connectivity index (χ3n) is 4.45. The van der Waals surface area contributed by atoms with Crippen LogP contribution in [0.15, 0.2) is 54.6 Å². The molecule has 27 heavy (non-hydrogen) atoms. The van der Waals surface area contributed by atoms with E-state index in [-0.39, 0.29) is 5.91 Å². The van der Waals surface area contributed by atoms with Crippen LogP contribution in [-0.2, 0) is 17.8 Å². The summed E-state index contributed by atoms with van der Waals surface area (Å²) < 4.78 is 4.03. The standard InChI is InChI=1S/C20H21N5OS/c1-15-3-5-16(6-4-15)18-12-25-17(13-27-20(25)23-18)11-19(26)22-7-2-9-24-10-8-21-14-24/h3-6,8,10,12-14H,2,7,9,11H2,1H3,(H,22,26). The molecule has 4 rings (SSSR count). The van der Waals surface area contributed by atoms with Gasteiger partial charge in [-0.2, -0.15) is 0 Å². The Balaban J connectivity index is 1.37. The van der Waals surface area contributed by atoms with Gasteiger partial charge in [0.2, 0.25) is 5.91 Å². The number of benzene rings is 1. The molecule has 0 aliphatic heterocycles. The molecule has 0 saturated carbocycles. The van der Waals surface area contributed by atoms with E-state index in [1.165, 1.54) is 5.56 Å². The average molecular weight is 379 g/mol. The predicted octanol–water partition coefficient (Wildman–Crippen LogP) is 3.32. The molecule has 1 amide bonds. The van der Waals surface area contributed by atoms with Crippen molar-refractivity contribution in [2.75, 3.05) is 6.54 Å². The minimum Gasteiger partial charge on any atom is -0.356 e. The Bertz CT molecular complexity index is 1030. The minimum atomic E-state index is 0.0333. The number of carbonyl (C=O) groups is 1. The quantitative estimate of drug-likeness (QED) is 0.501. The van der Waals surface area contributed by atoms with Gasteiger partial charge in [0.15, 0.2) is 4.96 Å². The third kappa shape index (κ3) is 4.09. The maximum atomic E-state index is 12.3. The first kappa shape index (κ1) is 17.5. The molecule has 6 nitrogen and oxygen atoms in total. The van der Waals surface area contributed by atoms with E-state index in [1.807, 2.05) is 26.7 Å². The van der Waals surface area contributed by atoms with E-state index >= 15 is 0 Å². The molecule has 0 bridgehead atoms. The SMILES string of the molecule is Cc1ccc(-c2cn3c(CC(=O)NCCCn4ccnc4)csc3n2)cc1. The van der Waals surface area contributed by atoms with Gasteiger partial charge in [0.25, 0.3) is 0 Å². The van der Waals surface area contributed by atoms with Crippen LogP contribution in [0.2, 0.25) is 0 Å². The summed E-state index contributed by atoms with van der Waals surface area (Å²) in [4.78, 5) is 21.9. The largest absolute Gasteiger partial charge is 0.356 e. The fraction of sp³-hybridized carbons (Fsp3) is 0.250. The van der Waals surface area contributed by atoms with Crippen molar-refractivity contribution in [1.82, 2.24) is 24.3 Å². The van der Waals surface area contributed by atoms with Gasteiger partial charge in [0, 0.05) is 48.3 Å². The number of nitrogens with one attached hydrogen (secondary N) is 1. The lowest BCUT2D eigenvalue weighted by Crippen LogP contribution is -2.27. The van der Waals surface area contributed by atoms with Crippen LogP contribution >= 0.6 is 11.3 Å². The van der Waals surface area contributed by atoms with Crippen LogP contribution in [0.3, 0.4) is 0 Å². The van der Waals surface area contributed by atoms with Gasteiger partial charge in [0.1, 0.15) is 0 Å². The van der Waals surface area contributed by atoms with Crippen LogP contribution in [0.5, 0.6) is 0 Å². The normalized spacial score (nSPS) is 11.1. The lowest BCUT2D eigenvalue weighted by molar-refractivity contribution is -0.120. The second-order valence-corrected chi connectivity index (χ2v) is 7.39. The van der Waals surface area contributed by atoms with Gasteiger partial charge < -0.3 is 9.88 Å². The third-order valence-corrected chi connectivity index (χ3v) is 5.34. The van der Waals surface area contributed by atoms with Crippen molar-refractivity contribution in [3.8, 4) is 11.3 Å². The summed E-state index contributed by atoms with van der Waals surface area (Å²) in [5, 5.41) is 5.00. The van der Waals surface area contributed by atoms with Crippen molar-refractivity contribution in [3.05, 3.63) is 65.8 Å². The summed E-state index contributed by atoms with van der Waals surface area (Å²) in [6.07, 6.45) is 8.72. The Labute approximate surface area is 161 Å². The molecule has 7 heteroatoms. The van der Waals surface area contributed by atoms with Crippen LogP contribution in [-0.4, -0.2) is 31.4 Å². The zero-order valence-corrected chi connectivity index (χ0v) is 15.9. The number of hydrogen-bond donors (Lipinski definition) is 1. The molecule has 3 heterocycles. The molecular weight excluding hydrogens is 358 g/mol. The Morgan fingerprint density at radius 2 is 2.11 bits per heavy atom. The summed E-state index contributed by atoms with van der Waals surface area (Å²) in [5.41, 5.74) is 4.22. The topological polar surface area (TPSA) is 64.2 Å². The van der Waals surface area contributed by atoms with E-state index in [9.17, 15) is 4.79 Å². The van der Waals surface area contributed by atoms with Gasteiger partial charge in [-0.15, -0.1) is 11.3 Å². The van der Waals surface area contributed by atoms with Crippen molar-refractivity contribution in [1.29, 1.82) is 0 Å². The molecule has 0 atom stereocenters. The van der Waals surface area contributed by atoms with Crippen LogP contribution in [0, 0.1) is 6.92 Å². The molecule has 138 valence electrons. The molecule has 1 N–H and O–H groups in total. The Kier molecular flexibility index (Phi) is 5.02. The highest BCUT2D eigenvalue weighted by molar-refractivity contribution is 7.15. The smallest absolute Gasteiger partial charge is 0.225 e. The number of nitrogens with zero attached hydrogens (tertiary/aromatic N) is 4. The van der Waals surface area contributed by atoms with Crippen molar-refractivity contribution < 1.29 is 4.79 Å². The van der Waals surface area contributed by atoms with Gasteiger partial charge in [0.05, 0.1) is 18.4 Å². The number of amides is 1. The van der Waals surface area contributed by atoms with E-state index in [0.29, 0.717) is 13.0 Å². The number of fused-ring (bicyclic) bond motifs is 1. The molecule has 0 aliphatic carbocycles. The highest BCUT2D eigenvalue weighted by Crippen LogP contribution is 2.24.